The molecule has 3 heterocycles. The number of nitrogens with zero attached hydrogens (tertiary/aromatic N) is 2. The number of fused-ring (bicyclic) bond motifs is 2. The van der Waals surface area contributed by atoms with E-state index in [-0.39, 0.29) is 17.1 Å². The van der Waals surface area contributed by atoms with E-state index in [4.69, 9.17) is 9.15 Å². The molecule has 1 amide bonds. The highest BCUT2D eigenvalue weighted by Crippen LogP contribution is 2.41. The molecule has 154 valence electrons. The SMILES string of the molecule is CCCOc1cccc(C2c3c(oc4ccccc4c3=O)C(=O)N2c2ccccn2)c1. The largest absolute Gasteiger partial charge is 0.494 e. The lowest BCUT2D eigenvalue weighted by Crippen LogP contribution is -2.30. The minimum atomic E-state index is -0.663. The minimum absolute atomic E-state index is 0.0548. The second-order valence-corrected chi connectivity index (χ2v) is 7.36. The molecule has 0 saturated heterocycles. The van der Waals surface area contributed by atoms with E-state index in [1.54, 1.807) is 42.6 Å². The van der Waals surface area contributed by atoms with Crippen LogP contribution in [0, 0.1) is 0 Å². The Kier molecular flexibility index (Phi) is 4.75. The van der Waals surface area contributed by atoms with Crippen LogP contribution in [0.2, 0.25) is 0 Å². The van der Waals surface area contributed by atoms with Crippen molar-refractivity contribution in [2.24, 2.45) is 0 Å². The van der Waals surface area contributed by atoms with Crippen LogP contribution in [0.15, 0.2) is 82.1 Å². The molecule has 31 heavy (non-hydrogen) atoms. The molecule has 2 aromatic carbocycles. The lowest BCUT2D eigenvalue weighted by atomic mass is 9.98. The molecule has 0 spiro atoms. The Labute approximate surface area is 178 Å². The van der Waals surface area contributed by atoms with Crippen LogP contribution in [0.5, 0.6) is 5.75 Å². The molecule has 0 saturated carbocycles. The van der Waals surface area contributed by atoms with E-state index in [9.17, 15) is 9.59 Å². The Bertz CT molecular complexity index is 1330. The van der Waals surface area contributed by atoms with E-state index in [0.29, 0.717) is 34.7 Å². The summed E-state index contributed by atoms with van der Waals surface area (Å²) in [6.45, 7) is 2.62. The van der Waals surface area contributed by atoms with Crippen molar-refractivity contribution in [3.05, 3.63) is 100 Å². The van der Waals surface area contributed by atoms with Crippen LogP contribution < -0.4 is 15.1 Å². The summed E-state index contributed by atoms with van der Waals surface area (Å²) in [5, 5.41) is 0.445. The van der Waals surface area contributed by atoms with Gasteiger partial charge in [-0.1, -0.05) is 37.3 Å². The van der Waals surface area contributed by atoms with E-state index in [1.165, 1.54) is 4.90 Å². The summed E-state index contributed by atoms with van der Waals surface area (Å²) in [6, 6.07) is 19.1. The average molecular weight is 412 g/mol. The summed E-state index contributed by atoms with van der Waals surface area (Å²) < 4.78 is 11.7. The van der Waals surface area contributed by atoms with E-state index >= 15 is 0 Å². The fourth-order valence-electron chi connectivity index (χ4n) is 3.96. The first-order valence-electron chi connectivity index (χ1n) is 10.2. The molecular weight excluding hydrogens is 392 g/mol. The number of amides is 1. The predicted octanol–water partition coefficient (Wildman–Crippen LogP) is 4.73. The monoisotopic (exact) mass is 412 g/mol. The molecular formula is C25H20N2O4. The fourth-order valence-corrected chi connectivity index (χ4v) is 3.96. The molecule has 1 aliphatic rings. The van der Waals surface area contributed by atoms with Crippen molar-refractivity contribution in [3.63, 3.8) is 0 Å². The van der Waals surface area contributed by atoms with Crippen LogP contribution in [0.4, 0.5) is 5.82 Å². The Morgan fingerprint density at radius 3 is 2.68 bits per heavy atom. The third-order valence-electron chi connectivity index (χ3n) is 5.32. The number of ether oxygens (including phenoxy) is 1. The molecule has 0 aliphatic carbocycles. The summed E-state index contributed by atoms with van der Waals surface area (Å²) in [4.78, 5) is 32.8. The standard InChI is InChI=1S/C25H20N2O4/c1-2-14-30-17-9-7-8-16(15-17)22-21-23(28)18-10-3-4-11-19(18)31-24(21)25(29)27(22)20-12-5-6-13-26-20/h3-13,15,22H,2,14H2,1H3. The third-order valence-corrected chi connectivity index (χ3v) is 5.32. The number of benzene rings is 2. The zero-order chi connectivity index (χ0) is 21.4. The van der Waals surface area contributed by atoms with Gasteiger partial charge in [-0.3, -0.25) is 14.5 Å². The second kappa shape index (κ2) is 7.72. The van der Waals surface area contributed by atoms with Gasteiger partial charge in [0, 0.05) is 6.20 Å². The lowest BCUT2D eigenvalue weighted by molar-refractivity contribution is 0.0970. The summed E-state index contributed by atoms with van der Waals surface area (Å²) in [5.74, 6) is 0.805. The van der Waals surface area contributed by atoms with Gasteiger partial charge < -0.3 is 9.15 Å². The van der Waals surface area contributed by atoms with Crippen LogP contribution in [0.25, 0.3) is 11.0 Å². The molecule has 1 unspecified atom stereocenters. The quantitative estimate of drug-likeness (QED) is 0.474. The minimum Gasteiger partial charge on any atom is -0.494 e. The highest BCUT2D eigenvalue weighted by atomic mass is 16.5. The summed E-state index contributed by atoms with van der Waals surface area (Å²) >= 11 is 0. The zero-order valence-corrected chi connectivity index (χ0v) is 16.9. The normalized spacial score (nSPS) is 15.3. The molecule has 2 aromatic heterocycles. The number of hydrogen-bond acceptors (Lipinski definition) is 5. The summed E-state index contributed by atoms with van der Waals surface area (Å²) in [5.41, 5.74) is 1.26. The highest BCUT2D eigenvalue weighted by molar-refractivity contribution is 6.10. The van der Waals surface area contributed by atoms with Crippen LogP contribution >= 0.6 is 0 Å². The van der Waals surface area contributed by atoms with Gasteiger partial charge in [0.2, 0.25) is 5.76 Å². The van der Waals surface area contributed by atoms with Gasteiger partial charge in [-0.15, -0.1) is 0 Å². The number of hydrogen-bond donors (Lipinski definition) is 0. The smallest absolute Gasteiger partial charge is 0.296 e. The number of carbonyl (C=O) groups is 1. The molecule has 0 bridgehead atoms. The zero-order valence-electron chi connectivity index (χ0n) is 16.9. The number of pyridine rings is 1. The van der Waals surface area contributed by atoms with Crippen LogP contribution in [-0.2, 0) is 0 Å². The van der Waals surface area contributed by atoms with Gasteiger partial charge in [-0.05, 0) is 48.4 Å². The maximum Gasteiger partial charge on any atom is 0.296 e. The van der Waals surface area contributed by atoms with Gasteiger partial charge in [-0.2, -0.15) is 0 Å². The van der Waals surface area contributed by atoms with Gasteiger partial charge >= 0.3 is 0 Å². The van der Waals surface area contributed by atoms with E-state index in [1.807, 2.05) is 37.3 Å². The predicted molar refractivity (Wildman–Crippen MR) is 118 cm³/mol. The number of carbonyl (C=O) groups excluding carboxylic acids is 1. The third kappa shape index (κ3) is 3.17. The van der Waals surface area contributed by atoms with Gasteiger partial charge in [0.25, 0.3) is 5.91 Å². The number of anilines is 1. The average Bonchev–Trinajstić information content (AvgIpc) is 3.11. The molecule has 1 aliphatic heterocycles. The van der Waals surface area contributed by atoms with Gasteiger partial charge in [0.15, 0.2) is 5.43 Å². The molecule has 0 N–H and O–H groups in total. The lowest BCUT2D eigenvalue weighted by Gasteiger charge is -2.24. The highest BCUT2D eigenvalue weighted by Gasteiger charge is 2.44. The summed E-state index contributed by atoms with van der Waals surface area (Å²) in [6.07, 6.45) is 2.50. The van der Waals surface area contributed by atoms with Crippen LogP contribution in [-0.4, -0.2) is 17.5 Å². The first kappa shape index (κ1) is 19.1. The Morgan fingerprint density at radius 2 is 1.87 bits per heavy atom. The van der Waals surface area contributed by atoms with Crippen LogP contribution in [0.3, 0.4) is 0 Å². The van der Waals surface area contributed by atoms with Gasteiger partial charge in [-0.25, -0.2) is 4.98 Å². The topological polar surface area (TPSA) is 72.6 Å². The molecule has 0 radical (unpaired) electrons. The van der Waals surface area contributed by atoms with Crippen molar-refractivity contribution in [2.75, 3.05) is 11.5 Å². The van der Waals surface area contributed by atoms with Crippen molar-refractivity contribution >= 4 is 22.7 Å². The fraction of sp³-hybridized carbons (Fsp3) is 0.160. The maximum absolute atomic E-state index is 13.5. The molecule has 5 rings (SSSR count). The van der Waals surface area contributed by atoms with Crippen molar-refractivity contribution in [2.45, 2.75) is 19.4 Å². The molecule has 1 atom stereocenters. The van der Waals surface area contributed by atoms with E-state index < -0.39 is 6.04 Å². The van der Waals surface area contributed by atoms with Crippen LogP contribution in [0.1, 0.15) is 41.1 Å². The van der Waals surface area contributed by atoms with Crippen molar-refractivity contribution in [1.29, 1.82) is 0 Å². The number of para-hydroxylation sites is 1. The molecule has 6 nitrogen and oxygen atoms in total. The van der Waals surface area contributed by atoms with Gasteiger partial charge in [0.1, 0.15) is 17.2 Å². The van der Waals surface area contributed by atoms with Crippen molar-refractivity contribution < 1.29 is 13.9 Å². The Hall–Kier alpha value is -3.93. The van der Waals surface area contributed by atoms with E-state index in [2.05, 4.69) is 4.98 Å². The van der Waals surface area contributed by atoms with Crippen molar-refractivity contribution in [3.8, 4) is 5.75 Å². The van der Waals surface area contributed by atoms with Gasteiger partial charge in [0.05, 0.1) is 23.6 Å². The van der Waals surface area contributed by atoms with Crippen molar-refractivity contribution in [1.82, 2.24) is 4.98 Å². The molecule has 6 heteroatoms. The first-order chi connectivity index (χ1) is 15.2. The Balaban J connectivity index is 1.75. The molecule has 0 fully saturated rings. The Morgan fingerprint density at radius 1 is 1.03 bits per heavy atom. The first-order valence-corrected chi connectivity index (χ1v) is 10.2. The van der Waals surface area contributed by atoms with E-state index in [0.717, 1.165) is 12.0 Å². The number of aromatic nitrogens is 1. The maximum atomic E-state index is 13.5. The second-order valence-electron chi connectivity index (χ2n) is 7.36. The molecule has 4 aromatic rings. The number of rotatable bonds is 5. The summed E-state index contributed by atoms with van der Waals surface area (Å²) in [7, 11) is 0.